The summed E-state index contributed by atoms with van der Waals surface area (Å²) >= 11 is 2.18. The molecule has 1 N–H and O–H groups in total. The van der Waals surface area contributed by atoms with Gasteiger partial charge in [-0.1, -0.05) is 43.2 Å². The number of benzene rings is 1. The quantitative estimate of drug-likeness (QED) is 0.836. The van der Waals surface area contributed by atoms with Crippen molar-refractivity contribution >= 4 is 11.8 Å². The third-order valence-corrected chi connectivity index (χ3v) is 5.41. The van der Waals surface area contributed by atoms with E-state index in [1.165, 1.54) is 49.0 Å². The first-order chi connectivity index (χ1) is 9.29. The molecule has 0 spiro atoms. The van der Waals surface area contributed by atoms with Crippen LogP contribution in [-0.2, 0) is 6.42 Å². The predicted molar refractivity (Wildman–Crippen MR) is 87.1 cm³/mol. The molecule has 1 fully saturated rings. The van der Waals surface area contributed by atoms with Crippen LogP contribution in [0.4, 0.5) is 0 Å². The maximum absolute atomic E-state index is 3.78. The van der Waals surface area contributed by atoms with Crippen molar-refractivity contribution in [2.75, 3.05) is 12.3 Å². The second kappa shape index (κ2) is 7.96. The average molecular weight is 277 g/mol. The molecule has 0 saturated carbocycles. The Labute approximate surface area is 122 Å². The largest absolute Gasteiger partial charge is 0.313 e. The minimum absolute atomic E-state index is 0.646. The molecule has 0 aromatic heterocycles. The predicted octanol–water partition coefficient (Wildman–Crippen LogP) is 4.19. The summed E-state index contributed by atoms with van der Waals surface area (Å²) in [6.07, 6.45) is 6.61. The van der Waals surface area contributed by atoms with Gasteiger partial charge in [0.25, 0.3) is 0 Å². The van der Waals surface area contributed by atoms with Gasteiger partial charge in [-0.25, -0.2) is 0 Å². The van der Waals surface area contributed by atoms with E-state index in [0.29, 0.717) is 6.04 Å². The zero-order valence-electron chi connectivity index (χ0n) is 12.3. The van der Waals surface area contributed by atoms with E-state index in [0.717, 1.165) is 11.8 Å². The first-order valence-electron chi connectivity index (χ1n) is 7.70. The number of hydrogen-bond acceptors (Lipinski definition) is 2. The molecule has 106 valence electrons. The summed E-state index contributed by atoms with van der Waals surface area (Å²) in [4.78, 5) is 0. The Kier molecular flexibility index (Phi) is 6.25. The van der Waals surface area contributed by atoms with E-state index in [-0.39, 0.29) is 0 Å². The fraction of sp³-hybridized carbons (Fsp3) is 0.647. The van der Waals surface area contributed by atoms with E-state index >= 15 is 0 Å². The van der Waals surface area contributed by atoms with Crippen LogP contribution in [0.2, 0.25) is 0 Å². The molecule has 1 saturated heterocycles. The molecule has 1 heterocycles. The second-order valence-electron chi connectivity index (χ2n) is 5.66. The van der Waals surface area contributed by atoms with Gasteiger partial charge in [0.05, 0.1) is 0 Å². The Balaban J connectivity index is 1.97. The number of thioether (sulfide) groups is 1. The van der Waals surface area contributed by atoms with Gasteiger partial charge < -0.3 is 5.32 Å². The topological polar surface area (TPSA) is 12.0 Å². The van der Waals surface area contributed by atoms with Gasteiger partial charge in [-0.05, 0) is 50.5 Å². The van der Waals surface area contributed by atoms with Crippen LogP contribution in [0.3, 0.4) is 0 Å². The first-order valence-corrected chi connectivity index (χ1v) is 8.75. The molecule has 0 aliphatic carbocycles. The van der Waals surface area contributed by atoms with E-state index in [1.54, 1.807) is 0 Å². The summed E-state index contributed by atoms with van der Waals surface area (Å²) in [6, 6.07) is 9.71. The molecule has 1 nitrogen and oxygen atoms in total. The van der Waals surface area contributed by atoms with E-state index in [4.69, 9.17) is 0 Å². The van der Waals surface area contributed by atoms with E-state index in [1.807, 2.05) is 0 Å². The summed E-state index contributed by atoms with van der Waals surface area (Å²) in [5.74, 6) is 1.35. The van der Waals surface area contributed by atoms with Crippen LogP contribution in [0.15, 0.2) is 24.3 Å². The molecule has 1 aliphatic rings. The Morgan fingerprint density at radius 1 is 1.26 bits per heavy atom. The average Bonchev–Trinajstić information content (AvgIpc) is 2.46. The molecule has 2 heteroatoms. The highest BCUT2D eigenvalue weighted by Crippen LogP contribution is 2.29. The number of hydrogen-bond donors (Lipinski definition) is 1. The normalized spacial score (nSPS) is 21.3. The van der Waals surface area contributed by atoms with Gasteiger partial charge in [-0.15, -0.1) is 0 Å². The fourth-order valence-electron chi connectivity index (χ4n) is 2.73. The Morgan fingerprint density at radius 2 is 2.05 bits per heavy atom. The van der Waals surface area contributed by atoms with Gasteiger partial charge in [0, 0.05) is 11.3 Å². The zero-order valence-corrected chi connectivity index (χ0v) is 13.1. The van der Waals surface area contributed by atoms with E-state index in [2.05, 4.69) is 55.2 Å². The van der Waals surface area contributed by atoms with Crippen molar-refractivity contribution in [1.82, 2.24) is 5.32 Å². The number of aryl methyl sites for hydroxylation is 1. The van der Waals surface area contributed by atoms with Crippen molar-refractivity contribution in [2.45, 2.75) is 57.2 Å². The summed E-state index contributed by atoms with van der Waals surface area (Å²) in [5, 5.41) is 4.59. The van der Waals surface area contributed by atoms with Crippen molar-refractivity contribution in [3.8, 4) is 0 Å². The lowest BCUT2D eigenvalue weighted by atomic mass is 9.98. The summed E-state index contributed by atoms with van der Waals surface area (Å²) in [7, 11) is 0. The van der Waals surface area contributed by atoms with E-state index in [9.17, 15) is 0 Å². The maximum atomic E-state index is 3.78. The lowest BCUT2D eigenvalue weighted by Crippen LogP contribution is -2.41. The minimum atomic E-state index is 0.646. The molecule has 1 aliphatic heterocycles. The van der Waals surface area contributed by atoms with Gasteiger partial charge in [-0.3, -0.25) is 0 Å². The molecule has 1 aromatic carbocycles. The zero-order chi connectivity index (χ0) is 13.5. The molecular formula is C17H27NS. The van der Waals surface area contributed by atoms with Crippen molar-refractivity contribution in [2.24, 2.45) is 0 Å². The van der Waals surface area contributed by atoms with Crippen LogP contribution in [0.1, 0.15) is 43.7 Å². The van der Waals surface area contributed by atoms with Crippen LogP contribution in [-0.4, -0.2) is 23.6 Å². The molecule has 2 atom stereocenters. The highest BCUT2D eigenvalue weighted by Gasteiger charge is 2.23. The highest BCUT2D eigenvalue weighted by molar-refractivity contribution is 8.00. The van der Waals surface area contributed by atoms with Crippen molar-refractivity contribution in [3.05, 3.63) is 35.4 Å². The fourth-order valence-corrected chi connectivity index (χ4v) is 4.16. The second-order valence-corrected chi connectivity index (χ2v) is 7.00. The third-order valence-electron chi connectivity index (χ3n) is 3.90. The lowest BCUT2D eigenvalue weighted by molar-refractivity contribution is 0.461. The van der Waals surface area contributed by atoms with Crippen LogP contribution in [0.25, 0.3) is 0 Å². The molecule has 0 bridgehead atoms. The Hall–Kier alpha value is -0.470. The summed E-state index contributed by atoms with van der Waals surface area (Å²) in [5.41, 5.74) is 2.83. The molecular weight excluding hydrogens is 250 g/mol. The number of rotatable bonds is 6. The van der Waals surface area contributed by atoms with Gasteiger partial charge in [0.2, 0.25) is 0 Å². The van der Waals surface area contributed by atoms with Crippen LogP contribution >= 0.6 is 11.8 Å². The monoisotopic (exact) mass is 277 g/mol. The minimum Gasteiger partial charge on any atom is -0.313 e. The van der Waals surface area contributed by atoms with Crippen LogP contribution < -0.4 is 5.32 Å². The molecule has 19 heavy (non-hydrogen) atoms. The van der Waals surface area contributed by atoms with Gasteiger partial charge >= 0.3 is 0 Å². The van der Waals surface area contributed by atoms with Gasteiger partial charge in [0.15, 0.2) is 0 Å². The smallest absolute Gasteiger partial charge is 0.0226 e. The van der Waals surface area contributed by atoms with E-state index < -0.39 is 0 Å². The third kappa shape index (κ3) is 4.85. The van der Waals surface area contributed by atoms with Gasteiger partial charge in [0.1, 0.15) is 0 Å². The van der Waals surface area contributed by atoms with Crippen molar-refractivity contribution in [1.29, 1.82) is 0 Å². The van der Waals surface area contributed by atoms with Crippen molar-refractivity contribution < 1.29 is 0 Å². The SMILES string of the molecule is CCCNC(Cc1ccc(C)cc1)C1CCCCS1. The highest BCUT2D eigenvalue weighted by atomic mass is 32.2. The lowest BCUT2D eigenvalue weighted by Gasteiger charge is -2.31. The standard InChI is InChI=1S/C17H27NS/c1-3-11-18-16(17-6-4-5-12-19-17)13-15-9-7-14(2)8-10-15/h7-10,16-18H,3-6,11-13H2,1-2H3. The van der Waals surface area contributed by atoms with Crippen molar-refractivity contribution in [3.63, 3.8) is 0 Å². The molecule has 0 radical (unpaired) electrons. The Bertz CT molecular complexity index is 354. The van der Waals surface area contributed by atoms with Gasteiger partial charge in [-0.2, -0.15) is 11.8 Å². The van der Waals surface area contributed by atoms with Crippen LogP contribution in [0, 0.1) is 6.92 Å². The molecule has 0 amide bonds. The number of nitrogens with one attached hydrogen (secondary N) is 1. The molecule has 1 aromatic rings. The van der Waals surface area contributed by atoms with Crippen LogP contribution in [0.5, 0.6) is 0 Å². The molecule has 2 unspecified atom stereocenters. The Morgan fingerprint density at radius 3 is 2.68 bits per heavy atom. The summed E-state index contributed by atoms with van der Waals surface area (Å²) in [6.45, 7) is 5.56. The maximum Gasteiger partial charge on any atom is 0.0226 e. The first kappa shape index (κ1) is 14.9. The summed E-state index contributed by atoms with van der Waals surface area (Å²) < 4.78 is 0. The molecule has 2 rings (SSSR count).